The van der Waals surface area contributed by atoms with E-state index in [4.69, 9.17) is 0 Å². The molecule has 0 aromatic rings. The van der Waals surface area contributed by atoms with Crippen LogP contribution < -0.4 is 0 Å². The second-order valence-corrected chi connectivity index (χ2v) is 26.1. The smallest absolute Gasteiger partial charge is 4.00 e. The maximum Gasteiger partial charge on any atom is 4.00 e. The summed E-state index contributed by atoms with van der Waals surface area (Å²) in [6.45, 7) is 4.68. The Kier molecular flexibility index (Phi) is 5.95. The molecule has 0 saturated carbocycles. The summed E-state index contributed by atoms with van der Waals surface area (Å²) < 4.78 is 6.26. The SMILES string of the molecule is CC1=C[C](C2C=CC=C2)([Hf]([CH3])([CH3])[CH]2C=CC=C2)C(C2C=CC=C2)=C1C.[Hf+4]. The molecule has 4 aliphatic rings. The van der Waals surface area contributed by atoms with Crippen LogP contribution in [0.15, 0.2) is 95.7 Å². The molecule has 0 aliphatic heterocycles. The molecule has 2 heteroatoms. The van der Waals surface area contributed by atoms with Crippen LogP contribution >= 0.6 is 0 Å². The van der Waals surface area contributed by atoms with Crippen molar-refractivity contribution in [2.75, 3.05) is 0 Å². The first-order valence-electron chi connectivity index (χ1n) is 9.44. The molecule has 1 atom stereocenters. The number of allylic oxidation sites excluding steroid dienone is 16. The zero-order valence-electron chi connectivity index (χ0n) is 16.2. The second-order valence-electron chi connectivity index (χ2n) is 8.34. The van der Waals surface area contributed by atoms with E-state index in [2.05, 4.69) is 102 Å². The Morgan fingerprint density at radius 1 is 0.769 bits per heavy atom. The summed E-state index contributed by atoms with van der Waals surface area (Å²) in [5, 5.41) is 0. The van der Waals surface area contributed by atoms with Crippen LogP contribution in [0.2, 0.25) is 16.2 Å². The van der Waals surface area contributed by atoms with Crippen molar-refractivity contribution in [1.82, 2.24) is 0 Å². The summed E-state index contributed by atoms with van der Waals surface area (Å²) in [4.78, 5) is 0. The zero-order valence-corrected chi connectivity index (χ0v) is 23.4. The first-order valence-corrected chi connectivity index (χ1v) is 20.5. The van der Waals surface area contributed by atoms with Gasteiger partial charge in [0.2, 0.25) is 0 Å². The normalized spacial score (nSPS) is 28.1. The van der Waals surface area contributed by atoms with E-state index < -0.39 is 20.0 Å². The van der Waals surface area contributed by atoms with Crippen LogP contribution in [-0.2, 0) is 45.8 Å². The van der Waals surface area contributed by atoms with E-state index in [9.17, 15) is 0 Å². The van der Waals surface area contributed by atoms with Gasteiger partial charge in [-0.1, -0.05) is 0 Å². The largest absolute Gasteiger partial charge is 4.00 e. The first kappa shape index (κ1) is 20.4. The number of rotatable bonds is 4. The third-order valence-corrected chi connectivity index (χ3v) is 24.6. The fraction of sp³-hybridized carbons (Fsp3) is 0.333. The Hall–Kier alpha value is -0.340. The van der Waals surface area contributed by atoms with Gasteiger partial charge in [-0.3, -0.25) is 0 Å². The third kappa shape index (κ3) is 2.91. The van der Waals surface area contributed by atoms with E-state index in [0.717, 1.165) is 0 Å². The average Bonchev–Trinajstić information content (AvgIpc) is 3.37. The minimum Gasteiger partial charge on any atom is 4.00 e. The van der Waals surface area contributed by atoms with Gasteiger partial charge in [-0.25, -0.2) is 0 Å². The van der Waals surface area contributed by atoms with E-state index in [0.29, 0.717) is 15.5 Å². The summed E-state index contributed by atoms with van der Waals surface area (Å²) in [5.74, 6) is 0.973. The Morgan fingerprint density at radius 2 is 1.27 bits per heavy atom. The molecule has 0 N–H and O–H groups in total. The van der Waals surface area contributed by atoms with Crippen molar-refractivity contribution in [3.05, 3.63) is 95.7 Å². The molecule has 0 fully saturated rings. The molecular formula is C24H28Hf2+4. The van der Waals surface area contributed by atoms with Gasteiger partial charge in [0.05, 0.1) is 0 Å². The molecule has 1 unspecified atom stereocenters. The van der Waals surface area contributed by atoms with Crippen molar-refractivity contribution in [1.29, 1.82) is 0 Å². The van der Waals surface area contributed by atoms with Crippen molar-refractivity contribution in [2.45, 2.75) is 30.1 Å². The van der Waals surface area contributed by atoms with E-state index in [1.54, 1.807) is 5.57 Å². The van der Waals surface area contributed by atoms with Crippen molar-refractivity contribution in [3.8, 4) is 0 Å². The molecular weight excluding hydrogens is 645 g/mol. The van der Waals surface area contributed by atoms with Crippen molar-refractivity contribution < 1.29 is 45.8 Å². The van der Waals surface area contributed by atoms with Crippen LogP contribution in [-0.4, -0.2) is 0 Å². The molecule has 0 radical (unpaired) electrons. The Balaban J connectivity index is 0.00000196. The molecule has 128 valence electrons. The quantitative estimate of drug-likeness (QED) is 0.281. The monoisotopic (exact) mass is 676 g/mol. The topological polar surface area (TPSA) is 0 Å². The van der Waals surface area contributed by atoms with Gasteiger partial charge in [0.25, 0.3) is 0 Å². The maximum atomic E-state index is 2.68. The van der Waals surface area contributed by atoms with Crippen molar-refractivity contribution in [3.63, 3.8) is 0 Å². The van der Waals surface area contributed by atoms with Crippen LogP contribution in [0, 0.1) is 11.8 Å². The Morgan fingerprint density at radius 3 is 1.85 bits per heavy atom. The summed E-state index contributed by atoms with van der Waals surface area (Å²) in [6, 6.07) is 0. The van der Waals surface area contributed by atoms with Crippen LogP contribution in [0.3, 0.4) is 0 Å². The van der Waals surface area contributed by atoms with Crippen LogP contribution in [0.4, 0.5) is 0 Å². The molecule has 0 heterocycles. The predicted molar refractivity (Wildman–Crippen MR) is 106 cm³/mol. The zero-order chi connectivity index (χ0) is 17.7. The Labute approximate surface area is 182 Å². The van der Waals surface area contributed by atoms with Gasteiger partial charge in [-0.2, -0.15) is 0 Å². The predicted octanol–water partition coefficient (Wildman–Crippen LogP) is 7.07. The number of hydrogen-bond donors (Lipinski definition) is 0. The van der Waals surface area contributed by atoms with Gasteiger partial charge < -0.3 is 0 Å². The summed E-state index contributed by atoms with van der Waals surface area (Å²) in [5.41, 5.74) is 4.72. The summed E-state index contributed by atoms with van der Waals surface area (Å²) in [7, 11) is 0. The van der Waals surface area contributed by atoms with Crippen molar-refractivity contribution >= 4 is 0 Å². The molecule has 0 amide bonds. The molecule has 0 aromatic carbocycles. The van der Waals surface area contributed by atoms with Gasteiger partial charge in [0.1, 0.15) is 0 Å². The minimum atomic E-state index is -2.84. The van der Waals surface area contributed by atoms with Crippen LogP contribution in [0.25, 0.3) is 0 Å². The van der Waals surface area contributed by atoms with Gasteiger partial charge in [-0.05, 0) is 0 Å². The van der Waals surface area contributed by atoms with Gasteiger partial charge in [0, 0.05) is 0 Å². The van der Waals surface area contributed by atoms with E-state index in [-0.39, 0.29) is 29.0 Å². The molecule has 0 nitrogen and oxygen atoms in total. The molecule has 4 aliphatic carbocycles. The first-order chi connectivity index (χ1) is 12.0. The third-order valence-electron chi connectivity index (χ3n) is 6.89. The second kappa shape index (κ2) is 7.59. The fourth-order valence-corrected chi connectivity index (χ4v) is 21.3. The molecule has 0 bridgehead atoms. The van der Waals surface area contributed by atoms with E-state index in [1.165, 1.54) is 11.1 Å². The van der Waals surface area contributed by atoms with Gasteiger partial charge >= 0.3 is 183 Å². The van der Waals surface area contributed by atoms with Crippen LogP contribution in [0.5, 0.6) is 0 Å². The van der Waals surface area contributed by atoms with Gasteiger partial charge in [-0.15, -0.1) is 0 Å². The standard InChI is InChI=1S/C17H17.C5H5.2CH3.2Hf/c1-12-11-16(14-7-3-4-8-14)17(13(12)2)15-9-5-6-10-15;1-2-4-5-3-1;;;;/h3-11,14-15H,1-2H3;1-5H;2*1H3;;/q;;;;;+4. The van der Waals surface area contributed by atoms with E-state index >= 15 is 0 Å². The van der Waals surface area contributed by atoms with E-state index in [1.807, 2.05) is 0 Å². The summed E-state index contributed by atoms with van der Waals surface area (Å²) in [6.07, 6.45) is 30.8. The summed E-state index contributed by atoms with van der Waals surface area (Å²) >= 11 is -2.84. The average molecular weight is 673 g/mol. The Bertz CT molecular complexity index is 790. The number of hydrogen-bond acceptors (Lipinski definition) is 0. The molecule has 0 aromatic heterocycles. The molecule has 26 heavy (non-hydrogen) atoms. The van der Waals surface area contributed by atoms with Crippen LogP contribution in [0.1, 0.15) is 13.8 Å². The maximum absolute atomic E-state index is 2.84. The fourth-order valence-electron chi connectivity index (χ4n) is 5.36. The minimum absolute atomic E-state index is 0. The molecule has 0 spiro atoms. The molecule has 0 saturated heterocycles. The molecule has 4 rings (SSSR count). The van der Waals surface area contributed by atoms with Crippen molar-refractivity contribution in [2.24, 2.45) is 11.8 Å². The van der Waals surface area contributed by atoms with Gasteiger partial charge in [0.15, 0.2) is 0 Å².